The van der Waals surface area contributed by atoms with E-state index in [1.807, 2.05) is 12.1 Å². The average molecular weight is 390 g/mol. The van der Waals surface area contributed by atoms with Crippen LogP contribution in [0.15, 0.2) is 42.5 Å². The van der Waals surface area contributed by atoms with Gasteiger partial charge in [-0.3, -0.25) is 9.59 Å². The summed E-state index contributed by atoms with van der Waals surface area (Å²) in [6.07, 6.45) is -0.425. The van der Waals surface area contributed by atoms with Gasteiger partial charge in [-0.1, -0.05) is 18.2 Å². The molecule has 0 aromatic heterocycles. The summed E-state index contributed by atoms with van der Waals surface area (Å²) >= 11 is 0. The highest BCUT2D eigenvalue weighted by Gasteiger charge is 2.33. The zero-order valence-electron chi connectivity index (χ0n) is 15.5. The third kappa shape index (κ3) is 4.52. The SMILES string of the molecule is CN(CC(=O)Nc1ccccc1C(F)(F)F)C(=O)c1ccc2c(c1)CCCC2. The number of nitrogens with zero attached hydrogens (tertiary/aromatic N) is 1. The van der Waals surface area contributed by atoms with Crippen molar-refractivity contribution in [2.24, 2.45) is 0 Å². The van der Waals surface area contributed by atoms with Gasteiger partial charge < -0.3 is 10.2 Å². The fraction of sp³-hybridized carbons (Fsp3) is 0.333. The summed E-state index contributed by atoms with van der Waals surface area (Å²) < 4.78 is 39.1. The van der Waals surface area contributed by atoms with Crippen LogP contribution in [0.4, 0.5) is 18.9 Å². The number of fused-ring (bicyclic) bond motifs is 1. The average Bonchev–Trinajstić information content (AvgIpc) is 2.66. The van der Waals surface area contributed by atoms with Crippen molar-refractivity contribution in [3.05, 3.63) is 64.7 Å². The fourth-order valence-corrected chi connectivity index (χ4v) is 3.40. The van der Waals surface area contributed by atoms with E-state index in [1.54, 1.807) is 6.07 Å². The molecule has 0 saturated carbocycles. The minimum atomic E-state index is -4.57. The molecule has 0 fully saturated rings. The lowest BCUT2D eigenvalue weighted by Gasteiger charge is -2.20. The second-order valence-corrected chi connectivity index (χ2v) is 6.94. The second-order valence-electron chi connectivity index (χ2n) is 6.94. The number of likely N-dealkylation sites (N-methyl/N-ethyl adjacent to an activating group) is 1. The topological polar surface area (TPSA) is 49.4 Å². The molecule has 28 heavy (non-hydrogen) atoms. The molecule has 2 amide bonds. The number of para-hydroxylation sites is 1. The molecule has 4 nitrogen and oxygen atoms in total. The summed E-state index contributed by atoms with van der Waals surface area (Å²) in [5.41, 5.74) is 1.62. The molecule has 148 valence electrons. The summed E-state index contributed by atoms with van der Waals surface area (Å²) in [5, 5.41) is 2.25. The van der Waals surface area contributed by atoms with E-state index in [1.165, 1.54) is 35.7 Å². The highest BCUT2D eigenvalue weighted by atomic mass is 19.4. The van der Waals surface area contributed by atoms with Crippen molar-refractivity contribution >= 4 is 17.5 Å². The molecule has 0 saturated heterocycles. The molecule has 3 rings (SSSR count). The Morgan fingerprint density at radius 3 is 2.43 bits per heavy atom. The van der Waals surface area contributed by atoms with Gasteiger partial charge in [-0.05, 0) is 61.1 Å². The van der Waals surface area contributed by atoms with Crippen LogP contribution < -0.4 is 5.32 Å². The lowest BCUT2D eigenvalue weighted by Crippen LogP contribution is -2.35. The first-order valence-corrected chi connectivity index (χ1v) is 9.09. The van der Waals surface area contributed by atoms with Crippen molar-refractivity contribution in [3.8, 4) is 0 Å². The number of rotatable bonds is 4. The molecule has 1 N–H and O–H groups in total. The number of amides is 2. The summed E-state index contributed by atoms with van der Waals surface area (Å²) in [6, 6.07) is 10.3. The molecule has 0 bridgehead atoms. The van der Waals surface area contributed by atoms with Gasteiger partial charge >= 0.3 is 6.18 Å². The van der Waals surface area contributed by atoms with Gasteiger partial charge in [0.05, 0.1) is 17.8 Å². The third-order valence-corrected chi connectivity index (χ3v) is 4.83. The number of carbonyl (C=O) groups is 2. The third-order valence-electron chi connectivity index (χ3n) is 4.83. The highest BCUT2D eigenvalue weighted by molar-refractivity contribution is 5.99. The monoisotopic (exact) mass is 390 g/mol. The van der Waals surface area contributed by atoms with E-state index in [2.05, 4.69) is 5.32 Å². The van der Waals surface area contributed by atoms with Gasteiger partial charge in [-0.15, -0.1) is 0 Å². The van der Waals surface area contributed by atoms with E-state index in [0.717, 1.165) is 37.3 Å². The van der Waals surface area contributed by atoms with Gasteiger partial charge in [0.25, 0.3) is 5.91 Å². The maximum atomic E-state index is 13.0. The Hall–Kier alpha value is -2.83. The molecule has 2 aromatic rings. The Labute approximate surface area is 161 Å². The molecule has 1 aliphatic carbocycles. The number of nitrogens with one attached hydrogen (secondary N) is 1. The zero-order chi connectivity index (χ0) is 20.3. The first-order valence-electron chi connectivity index (χ1n) is 9.09. The number of hydrogen-bond donors (Lipinski definition) is 1. The van der Waals surface area contributed by atoms with Crippen LogP contribution in [-0.4, -0.2) is 30.3 Å². The number of anilines is 1. The van der Waals surface area contributed by atoms with Crippen LogP contribution in [0.3, 0.4) is 0 Å². The van der Waals surface area contributed by atoms with Crippen LogP contribution in [0.5, 0.6) is 0 Å². The Morgan fingerprint density at radius 1 is 1.04 bits per heavy atom. The second kappa shape index (κ2) is 8.04. The molecule has 7 heteroatoms. The Kier molecular flexibility index (Phi) is 5.72. The molecule has 0 heterocycles. The quantitative estimate of drug-likeness (QED) is 0.847. The van der Waals surface area contributed by atoms with Gasteiger partial charge in [0.15, 0.2) is 0 Å². The lowest BCUT2D eigenvalue weighted by atomic mass is 9.90. The summed E-state index contributed by atoms with van der Waals surface area (Å²) in [7, 11) is 1.46. The number of carbonyl (C=O) groups excluding carboxylic acids is 2. The van der Waals surface area contributed by atoms with Gasteiger partial charge in [0.1, 0.15) is 0 Å². The highest BCUT2D eigenvalue weighted by Crippen LogP contribution is 2.34. The number of halogens is 3. The first-order chi connectivity index (χ1) is 13.3. The Bertz CT molecular complexity index is 893. The minimum Gasteiger partial charge on any atom is -0.332 e. The maximum Gasteiger partial charge on any atom is 0.418 e. The van der Waals surface area contributed by atoms with Crippen LogP contribution in [0.25, 0.3) is 0 Å². The smallest absolute Gasteiger partial charge is 0.332 e. The van der Waals surface area contributed by atoms with E-state index in [9.17, 15) is 22.8 Å². The molecule has 0 unspecified atom stereocenters. The predicted octanol–water partition coefficient (Wildman–Crippen LogP) is 4.29. The predicted molar refractivity (Wildman–Crippen MR) is 100 cm³/mol. The summed E-state index contributed by atoms with van der Waals surface area (Å²) in [6.45, 7) is -0.345. The molecule has 2 aromatic carbocycles. The van der Waals surface area contributed by atoms with Crippen molar-refractivity contribution in [2.75, 3.05) is 18.9 Å². The summed E-state index contributed by atoms with van der Waals surface area (Å²) in [5.74, 6) is -1.03. The van der Waals surface area contributed by atoms with Gasteiger partial charge in [0.2, 0.25) is 5.91 Å². The van der Waals surface area contributed by atoms with Crippen molar-refractivity contribution < 1.29 is 22.8 Å². The van der Waals surface area contributed by atoms with E-state index < -0.39 is 17.6 Å². The molecule has 0 spiro atoms. The number of hydrogen-bond acceptors (Lipinski definition) is 2. The van der Waals surface area contributed by atoms with Crippen molar-refractivity contribution in [1.29, 1.82) is 0 Å². The molecular weight excluding hydrogens is 369 g/mol. The maximum absolute atomic E-state index is 13.0. The van der Waals surface area contributed by atoms with Crippen molar-refractivity contribution in [2.45, 2.75) is 31.9 Å². The zero-order valence-corrected chi connectivity index (χ0v) is 15.5. The first kappa shape index (κ1) is 19.9. The number of benzene rings is 2. The molecule has 0 radical (unpaired) electrons. The van der Waals surface area contributed by atoms with Crippen LogP contribution in [0.2, 0.25) is 0 Å². The van der Waals surface area contributed by atoms with Crippen LogP contribution in [0.1, 0.15) is 39.9 Å². The van der Waals surface area contributed by atoms with E-state index in [0.29, 0.717) is 5.56 Å². The molecule has 0 atom stereocenters. The number of aryl methyl sites for hydroxylation is 2. The fourth-order valence-electron chi connectivity index (χ4n) is 3.40. The normalized spacial score (nSPS) is 13.6. The van der Waals surface area contributed by atoms with Gasteiger partial charge in [-0.2, -0.15) is 13.2 Å². The molecular formula is C21H21F3N2O2. The van der Waals surface area contributed by atoms with Crippen molar-refractivity contribution in [1.82, 2.24) is 4.90 Å². The van der Waals surface area contributed by atoms with Gasteiger partial charge in [0, 0.05) is 12.6 Å². The van der Waals surface area contributed by atoms with Crippen LogP contribution >= 0.6 is 0 Å². The largest absolute Gasteiger partial charge is 0.418 e. The standard InChI is InChI=1S/C21H21F3N2O2/c1-26(20(28)16-11-10-14-6-2-3-7-15(14)12-16)13-19(27)25-18-9-5-4-8-17(18)21(22,23)24/h4-5,8-12H,2-3,6-7,13H2,1H3,(H,25,27). The van der Waals surface area contributed by atoms with E-state index in [4.69, 9.17) is 0 Å². The summed E-state index contributed by atoms with van der Waals surface area (Å²) in [4.78, 5) is 26.0. The lowest BCUT2D eigenvalue weighted by molar-refractivity contribution is -0.137. The molecule has 0 aliphatic heterocycles. The van der Waals surface area contributed by atoms with Crippen molar-refractivity contribution in [3.63, 3.8) is 0 Å². The van der Waals surface area contributed by atoms with Crippen LogP contribution in [-0.2, 0) is 23.8 Å². The Morgan fingerprint density at radius 2 is 1.71 bits per heavy atom. The van der Waals surface area contributed by atoms with Gasteiger partial charge in [-0.25, -0.2) is 0 Å². The van der Waals surface area contributed by atoms with E-state index in [-0.39, 0.29) is 18.1 Å². The Balaban J connectivity index is 1.67. The molecule has 1 aliphatic rings. The minimum absolute atomic E-state index is 0.324. The van der Waals surface area contributed by atoms with Crippen LogP contribution in [0, 0.1) is 0 Å². The van der Waals surface area contributed by atoms with E-state index >= 15 is 0 Å². The number of alkyl halides is 3.